The van der Waals surface area contributed by atoms with Crippen LogP contribution in [0.3, 0.4) is 0 Å². The first-order valence-corrected chi connectivity index (χ1v) is 12.7. The number of carboxylic acid groups (broad SMARTS) is 1. The predicted molar refractivity (Wildman–Crippen MR) is 145 cm³/mol. The Labute approximate surface area is 223 Å². The van der Waals surface area contributed by atoms with Crippen LogP contribution in [0.1, 0.15) is 39.6 Å². The Balaban J connectivity index is 1.46. The quantitative estimate of drug-likeness (QED) is 0.384. The number of hydrogen-bond donors (Lipinski definition) is 0. The van der Waals surface area contributed by atoms with E-state index in [1.807, 2.05) is 79.3 Å². The van der Waals surface area contributed by atoms with Gasteiger partial charge < -0.3 is 24.3 Å². The molecule has 0 radical (unpaired) electrons. The third-order valence-corrected chi connectivity index (χ3v) is 7.28. The summed E-state index contributed by atoms with van der Waals surface area (Å²) in [6, 6.07) is 24.2. The van der Waals surface area contributed by atoms with Crippen molar-refractivity contribution in [3.63, 3.8) is 0 Å². The van der Waals surface area contributed by atoms with Gasteiger partial charge in [0.05, 0.1) is 36.5 Å². The first-order valence-electron chi connectivity index (χ1n) is 12.7. The zero-order valence-electron chi connectivity index (χ0n) is 21.9. The number of carbonyl (C=O) groups excluding carboxylic acids is 2. The van der Waals surface area contributed by atoms with Crippen molar-refractivity contribution in [1.29, 1.82) is 0 Å². The average molecular weight is 508 g/mol. The van der Waals surface area contributed by atoms with Crippen molar-refractivity contribution in [2.45, 2.75) is 38.4 Å². The molecule has 1 amide bonds. The van der Waals surface area contributed by atoms with E-state index in [0.717, 1.165) is 33.8 Å². The van der Waals surface area contributed by atoms with Gasteiger partial charge in [-0.2, -0.15) is 0 Å². The van der Waals surface area contributed by atoms with Crippen LogP contribution in [-0.2, 0) is 29.1 Å². The van der Waals surface area contributed by atoms with Gasteiger partial charge >= 0.3 is 0 Å². The van der Waals surface area contributed by atoms with Crippen LogP contribution >= 0.6 is 0 Å². The van der Waals surface area contributed by atoms with Gasteiger partial charge in [0.15, 0.2) is 0 Å². The highest BCUT2D eigenvalue weighted by Gasteiger charge is 2.37. The molecule has 1 aliphatic rings. The number of carbonyl (C=O) groups is 2. The maximum absolute atomic E-state index is 14.0. The zero-order valence-corrected chi connectivity index (χ0v) is 21.9. The molecule has 0 saturated heterocycles. The number of amides is 1. The molecule has 1 unspecified atom stereocenters. The van der Waals surface area contributed by atoms with Crippen LogP contribution in [0.15, 0.2) is 85.2 Å². The van der Waals surface area contributed by atoms with Crippen LogP contribution < -0.4 is 10.0 Å². The second-order valence-electron chi connectivity index (χ2n) is 10.0. The molecule has 2 heterocycles. The van der Waals surface area contributed by atoms with Gasteiger partial charge in [0.25, 0.3) is 0 Å². The summed E-state index contributed by atoms with van der Waals surface area (Å²) in [6.45, 7) is 2.77. The minimum absolute atomic E-state index is 0.120. The van der Waals surface area contributed by atoms with Gasteiger partial charge in [-0.1, -0.05) is 72.8 Å². The molecule has 0 fully saturated rings. The number of aromatic nitrogens is 2. The summed E-state index contributed by atoms with van der Waals surface area (Å²) < 4.78 is 1.99. The summed E-state index contributed by atoms with van der Waals surface area (Å²) in [4.78, 5) is 34.5. The van der Waals surface area contributed by atoms with Crippen molar-refractivity contribution in [3.8, 4) is 0 Å². The first kappa shape index (κ1) is 25.3. The Hall–Kier alpha value is -4.39. The maximum Gasteiger partial charge on any atom is 0.235 e. The number of rotatable bonds is 7. The van der Waals surface area contributed by atoms with E-state index < -0.39 is 17.9 Å². The Morgan fingerprint density at radius 2 is 1.63 bits per heavy atom. The van der Waals surface area contributed by atoms with Crippen molar-refractivity contribution in [2.24, 2.45) is 0 Å². The van der Waals surface area contributed by atoms with Gasteiger partial charge in [0.1, 0.15) is 0 Å². The summed E-state index contributed by atoms with van der Waals surface area (Å²) in [6.07, 6.45) is 1.89. The van der Waals surface area contributed by atoms with Gasteiger partial charge in [0.2, 0.25) is 5.91 Å². The molecular formula is C31H31N4O3-. The molecule has 194 valence electrons. The Morgan fingerprint density at radius 3 is 2.18 bits per heavy atom. The van der Waals surface area contributed by atoms with Gasteiger partial charge in [-0.15, -0.1) is 0 Å². The lowest BCUT2D eigenvalue weighted by Crippen LogP contribution is -2.55. The lowest BCUT2D eigenvalue weighted by atomic mass is 9.88. The molecule has 7 nitrogen and oxygen atoms in total. The van der Waals surface area contributed by atoms with Gasteiger partial charge in [0, 0.05) is 38.4 Å². The molecule has 38 heavy (non-hydrogen) atoms. The van der Waals surface area contributed by atoms with Crippen LogP contribution in [0.4, 0.5) is 5.69 Å². The highest BCUT2D eigenvalue weighted by Crippen LogP contribution is 2.32. The van der Waals surface area contributed by atoms with Crippen LogP contribution in [0.5, 0.6) is 0 Å². The van der Waals surface area contributed by atoms with E-state index in [0.29, 0.717) is 6.54 Å². The van der Waals surface area contributed by atoms with Crippen LogP contribution in [0, 0.1) is 6.92 Å². The number of anilines is 1. The van der Waals surface area contributed by atoms with E-state index in [-0.39, 0.29) is 18.9 Å². The molecule has 3 aromatic carbocycles. The molecule has 0 saturated carbocycles. The maximum atomic E-state index is 14.0. The Morgan fingerprint density at radius 1 is 1.00 bits per heavy atom. The van der Waals surface area contributed by atoms with Crippen molar-refractivity contribution >= 4 is 17.6 Å². The summed E-state index contributed by atoms with van der Waals surface area (Å²) in [5, 5.41) is 12.4. The second-order valence-corrected chi connectivity index (χ2v) is 10.0. The molecule has 0 aliphatic carbocycles. The number of benzene rings is 3. The largest absolute Gasteiger partial charge is 0.548 e. The highest BCUT2D eigenvalue weighted by atomic mass is 16.4. The molecule has 1 aromatic heterocycles. The van der Waals surface area contributed by atoms with Crippen molar-refractivity contribution in [3.05, 3.63) is 119 Å². The van der Waals surface area contributed by atoms with E-state index in [1.54, 1.807) is 6.33 Å². The number of imidazole rings is 1. The second kappa shape index (κ2) is 10.5. The third-order valence-electron chi connectivity index (χ3n) is 7.28. The molecular weight excluding hydrogens is 476 g/mol. The minimum Gasteiger partial charge on any atom is -0.548 e. The third kappa shape index (κ3) is 4.92. The van der Waals surface area contributed by atoms with Gasteiger partial charge in [-0.05, 0) is 35.2 Å². The highest BCUT2D eigenvalue weighted by molar-refractivity contribution is 5.90. The van der Waals surface area contributed by atoms with Crippen molar-refractivity contribution < 1.29 is 14.7 Å². The van der Waals surface area contributed by atoms with Gasteiger partial charge in [-0.3, -0.25) is 4.79 Å². The SMILES string of the molecule is Cc1cc(Cn2cnc3c2CC(C(=O)[O-])N(C(=O)C(c2ccccc2)c2ccccc2)C3)ccc1N(C)C. The smallest absolute Gasteiger partial charge is 0.235 e. The number of aryl methyl sites for hydroxylation is 1. The lowest BCUT2D eigenvalue weighted by Gasteiger charge is -2.38. The minimum atomic E-state index is -1.26. The normalized spacial score (nSPS) is 14.8. The van der Waals surface area contributed by atoms with E-state index in [9.17, 15) is 14.7 Å². The standard InChI is InChI=1S/C31H32N4O3/c1-21-16-22(14-15-26(21)33(2)3)18-34-20-32-25-19-35(28(31(37)38)17-27(25)34)30(36)29(23-10-6-4-7-11-23)24-12-8-5-9-13-24/h4-16,20,28-29H,17-19H2,1-3H3,(H,37,38)/p-1. The number of carboxylic acids is 1. The van der Waals surface area contributed by atoms with Crippen LogP contribution in [0.2, 0.25) is 0 Å². The number of aliphatic carboxylic acids is 1. The fraction of sp³-hybridized carbons (Fsp3) is 0.258. The molecule has 1 atom stereocenters. The number of nitrogens with zero attached hydrogens (tertiary/aromatic N) is 4. The molecule has 0 bridgehead atoms. The summed E-state index contributed by atoms with van der Waals surface area (Å²) in [7, 11) is 4.03. The monoisotopic (exact) mass is 507 g/mol. The lowest BCUT2D eigenvalue weighted by molar-refractivity contribution is -0.311. The van der Waals surface area contributed by atoms with E-state index in [1.165, 1.54) is 10.5 Å². The fourth-order valence-corrected chi connectivity index (χ4v) is 5.41. The molecule has 0 N–H and O–H groups in total. The molecule has 1 aliphatic heterocycles. The first-order chi connectivity index (χ1) is 18.3. The summed E-state index contributed by atoms with van der Waals surface area (Å²) in [5.74, 6) is -2.16. The zero-order chi connectivity index (χ0) is 26.8. The number of hydrogen-bond acceptors (Lipinski definition) is 5. The Kier molecular flexibility index (Phi) is 7.01. The average Bonchev–Trinajstić information content (AvgIpc) is 3.30. The van der Waals surface area contributed by atoms with E-state index in [2.05, 4.69) is 35.0 Å². The topological polar surface area (TPSA) is 81.5 Å². The summed E-state index contributed by atoms with van der Waals surface area (Å²) >= 11 is 0. The van der Waals surface area contributed by atoms with E-state index >= 15 is 0 Å². The molecule has 7 heteroatoms. The predicted octanol–water partition coefficient (Wildman–Crippen LogP) is 3.14. The summed E-state index contributed by atoms with van der Waals surface area (Å²) in [5.41, 5.74) is 6.59. The van der Waals surface area contributed by atoms with Crippen LogP contribution in [-0.4, -0.2) is 46.5 Å². The fourth-order valence-electron chi connectivity index (χ4n) is 5.41. The van der Waals surface area contributed by atoms with Crippen LogP contribution in [0.25, 0.3) is 0 Å². The molecule has 4 aromatic rings. The molecule has 5 rings (SSSR count). The van der Waals surface area contributed by atoms with Crippen molar-refractivity contribution in [2.75, 3.05) is 19.0 Å². The molecule has 0 spiro atoms. The van der Waals surface area contributed by atoms with E-state index in [4.69, 9.17) is 0 Å². The Bertz CT molecular complexity index is 1410. The van der Waals surface area contributed by atoms with Gasteiger partial charge in [-0.25, -0.2) is 4.98 Å². The number of fused-ring (bicyclic) bond motifs is 1. The van der Waals surface area contributed by atoms with Crippen molar-refractivity contribution in [1.82, 2.24) is 14.5 Å².